The van der Waals surface area contributed by atoms with Gasteiger partial charge >= 0.3 is 0 Å². The zero-order chi connectivity index (χ0) is 8.97. The highest BCUT2D eigenvalue weighted by Gasteiger charge is 2.25. The molecule has 0 amide bonds. The Bertz CT molecular complexity index is 125. The van der Waals surface area contributed by atoms with Crippen LogP contribution in [0.15, 0.2) is 0 Å². The van der Waals surface area contributed by atoms with E-state index in [0.29, 0.717) is 0 Å². The Balaban J connectivity index is 2.41. The molecule has 1 heterocycles. The topological polar surface area (TPSA) is 15.3 Å². The van der Waals surface area contributed by atoms with Gasteiger partial charge in [0.1, 0.15) is 0 Å². The van der Waals surface area contributed by atoms with Gasteiger partial charge in [0.2, 0.25) is 0 Å². The molecule has 0 aromatic heterocycles. The molecule has 0 bridgehead atoms. The summed E-state index contributed by atoms with van der Waals surface area (Å²) in [6.45, 7) is 8.34. The molecule has 2 heteroatoms. The number of hydrogen-bond acceptors (Lipinski definition) is 2. The molecule has 2 nitrogen and oxygen atoms in total. The van der Waals surface area contributed by atoms with Crippen LogP contribution in [0.1, 0.15) is 26.7 Å². The lowest BCUT2D eigenvalue weighted by Gasteiger charge is -2.37. The Morgan fingerprint density at radius 2 is 2.17 bits per heavy atom. The average Bonchev–Trinajstić information content (AvgIpc) is 2.16. The van der Waals surface area contributed by atoms with E-state index in [1.165, 1.54) is 32.5 Å². The molecule has 0 aliphatic carbocycles. The molecule has 0 aromatic rings. The second kappa shape index (κ2) is 4.83. The Kier molecular flexibility index (Phi) is 4.02. The summed E-state index contributed by atoms with van der Waals surface area (Å²) in [5, 5.41) is 3.42. The fraction of sp³-hybridized carbons (Fsp3) is 1.00. The molecular formula is C10H22N2. The van der Waals surface area contributed by atoms with Crippen molar-refractivity contribution in [3.63, 3.8) is 0 Å². The predicted octanol–water partition coefficient (Wildman–Crippen LogP) is 1.33. The van der Waals surface area contributed by atoms with Crippen LogP contribution >= 0.6 is 0 Å². The average molecular weight is 170 g/mol. The number of piperidine rings is 1. The second-order valence-corrected chi connectivity index (χ2v) is 3.75. The third-order valence-electron chi connectivity index (χ3n) is 3.16. The minimum atomic E-state index is 0.762. The fourth-order valence-electron chi connectivity index (χ4n) is 2.19. The van der Waals surface area contributed by atoms with Gasteiger partial charge in [-0.1, -0.05) is 20.3 Å². The smallest absolute Gasteiger partial charge is 0.0117 e. The Morgan fingerprint density at radius 3 is 2.67 bits per heavy atom. The molecule has 1 aliphatic rings. The molecule has 1 saturated heterocycles. The van der Waals surface area contributed by atoms with E-state index in [4.69, 9.17) is 0 Å². The summed E-state index contributed by atoms with van der Waals surface area (Å²) in [6, 6.07) is 0.762. The van der Waals surface area contributed by atoms with Crippen molar-refractivity contribution >= 4 is 0 Å². The third kappa shape index (κ3) is 2.20. The maximum absolute atomic E-state index is 3.42. The summed E-state index contributed by atoms with van der Waals surface area (Å²) in [7, 11) is 2.09. The number of likely N-dealkylation sites (tertiary alicyclic amines) is 1. The van der Waals surface area contributed by atoms with Crippen LogP contribution in [0.4, 0.5) is 0 Å². The molecule has 2 atom stereocenters. The van der Waals surface area contributed by atoms with Gasteiger partial charge in [-0.3, -0.25) is 0 Å². The van der Waals surface area contributed by atoms with Gasteiger partial charge in [0.05, 0.1) is 0 Å². The predicted molar refractivity (Wildman–Crippen MR) is 53.4 cm³/mol. The summed E-state index contributed by atoms with van der Waals surface area (Å²) >= 11 is 0. The number of rotatable bonds is 3. The van der Waals surface area contributed by atoms with Crippen LogP contribution in [-0.4, -0.2) is 37.6 Å². The largest absolute Gasteiger partial charge is 0.317 e. The first-order chi connectivity index (χ1) is 5.81. The summed E-state index contributed by atoms with van der Waals surface area (Å²) in [5.74, 6) is 0.865. The molecule has 1 fully saturated rings. The minimum absolute atomic E-state index is 0.762. The second-order valence-electron chi connectivity index (χ2n) is 3.75. The van der Waals surface area contributed by atoms with Crippen LogP contribution in [0.25, 0.3) is 0 Å². The lowest BCUT2D eigenvalue weighted by molar-refractivity contribution is 0.145. The van der Waals surface area contributed by atoms with Gasteiger partial charge in [-0.05, 0) is 32.5 Å². The molecule has 2 unspecified atom stereocenters. The summed E-state index contributed by atoms with van der Waals surface area (Å²) < 4.78 is 0. The highest BCUT2D eigenvalue weighted by Crippen LogP contribution is 2.19. The molecule has 0 spiro atoms. The van der Waals surface area contributed by atoms with Crippen molar-refractivity contribution < 1.29 is 0 Å². The van der Waals surface area contributed by atoms with Gasteiger partial charge in [0.15, 0.2) is 0 Å². The van der Waals surface area contributed by atoms with Gasteiger partial charge in [-0.2, -0.15) is 0 Å². The quantitative estimate of drug-likeness (QED) is 0.687. The van der Waals surface area contributed by atoms with Crippen LogP contribution in [0.5, 0.6) is 0 Å². The summed E-state index contributed by atoms with van der Waals surface area (Å²) in [6.07, 6.45) is 2.63. The van der Waals surface area contributed by atoms with E-state index in [2.05, 4.69) is 31.1 Å². The van der Waals surface area contributed by atoms with E-state index in [9.17, 15) is 0 Å². The monoisotopic (exact) mass is 170 g/mol. The zero-order valence-corrected chi connectivity index (χ0v) is 8.64. The van der Waals surface area contributed by atoms with Gasteiger partial charge in [-0.25, -0.2) is 0 Å². The van der Waals surface area contributed by atoms with Crippen molar-refractivity contribution in [3.8, 4) is 0 Å². The van der Waals surface area contributed by atoms with Crippen LogP contribution in [0.3, 0.4) is 0 Å². The Labute approximate surface area is 76.3 Å². The normalized spacial score (nSPS) is 32.2. The SMILES string of the molecule is CCC1CN(CC)CCC1NC. The standard InChI is InChI=1S/C10H22N2/c1-4-9-8-12(5-2)7-6-10(9)11-3/h9-11H,4-8H2,1-3H3. The van der Waals surface area contributed by atoms with Gasteiger partial charge in [0, 0.05) is 12.6 Å². The van der Waals surface area contributed by atoms with E-state index in [-0.39, 0.29) is 0 Å². The van der Waals surface area contributed by atoms with E-state index in [1.54, 1.807) is 0 Å². The molecule has 0 saturated carbocycles. The van der Waals surface area contributed by atoms with E-state index in [1.807, 2.05) is 0 Å². The molecule has 0 radical (unpaired) electrons. The van der Waals surface area contributed by atoms with Crippen molar-refractivity contribution in [2.45, 2.75) is 32.7 Å². The van der Waals surface area contributed by atoms with E-state index < -0.39 is 0 Å². The molecule has 72 valence electrons. The van der Waals surface area contributed by atoms with Crippen molar-refractivity contribution in [2.24, 2.45) is 5.92 Å². The summed E-state index contributed by atoms with van der Waals surface area (Å²) in [4.78, 5) is 2.56. The number of nitrogens with one attached hydrogen (secondary N) is 1. The third-order valence-corrected chi connectivity index (χ3v) is 3.16. The van der Waals surface area contributed by atoms with Crippen LogP contribution in [0.2, 0.25) is 0 Å². The number of hydrogen-bond donors (Lipinski definition) is 1. The molecule has 0 aromatic carbocycles. The molecule has 1 N–H and O–H groups in total. The lowest BCUT2D eigenvalue weighted by Crippen LogP contribution is -2.47. The highest BCUT2D eigenvalue weighted by atomic mass is 15.1. The molecule has 12 heavy (non-hydrogen) atoms. The van der Waals surface area contributed by atoms with Crippen LogP contribution < -0.4 is 5.32 Å². The minimum Gasteiger partial charge on any atom is -0.317 e. The van der Waals surface area contributed by atoms with Crippen molar-refractivity contribution in [3.05, 3.63) is 0 Å². The first-order valence-corrected chi connectivity index (χ1v) is 5.21. The molecular weight excluding hydrogens is 148 g/mol. The number of nitrogens with zero attached hydrogens (tertiary/aromatic N) is 1. The first-order valence-electron chi connectivity index (χ1n) is 5.21. The Morgan fingerprint density at radius 1 is 1.42 bits per heavy atom. The van der Waals surface area contributed by atoms with Crippen molar-refractivity contribution in [1.82, 2.24) is 10.2 Å². The van der Waals surface area contributed by atoms with Crippen molar-refractivity contribution in [2.75, 3.05) is 26.7 Å². The maximum atomic E-state index is 3.42. The Hall–Kier alpha value is -0.0800. The zero-order valence-electron chi connectivity index (χ0n) is 8.64. The highest BCUT2D eigenvalue weighted by molar-refractivity contribution is 4.82. The van der Waals surface area contributed by atoms with E-state index in [0.717, 1.165) is 12.0 Å². The first kappa shape index (κ1) is 10.0. The summed E-state index contributed by atoms with van der Waals surface area (Å²) in [5.41, 5.74) is 0. The molecule has 1 rings (SSSR count). The molecule has 1 aliphatic heterocycles. The van der Waals surface area contributed by atoms with Crippen LogP contribution in [-0.2, 0) is 0 Å². The fourth-order valence-corrected chi connectivity index (χ4v) is 2.19. The van der Waals surface area contributed by atoms with Crippen LogP contribution in [0, 0.1) is 5.92 Å². The maximum Gasteiger partial charge on any atom is 0.0117 e. The van der Waals surface area contributed by atoms with Crippen molar-refractivity contribution in [1.29, 1.82) is 0 Å². The van der Waals surface area contributed by atoms with Gasteiger partial charge in [0.25, 0.3) is 0 Å². The van der Waals surface area contributed by atoms with Gasteiger partial charge < -0.3 is 10.2 Å². The lowest BCUT2D eigenvalue weighted by atomic mass is 9.90. The van der Waals surface area contributed by atoms with Gasteiger partial charge in [-0.15, -0.1) is 0 Å². The van der Waals surface area contributed by atoms with E-state index >= 15 is 0 Å².